The molecular formula is C19H27N3O4. The van der Waals surface area contributed by atoms with E-state index in [0.29, 0.717) is 38.1 Å². The average molecular weight is 361 g/mol. The zero-order valence-corrected chi connectivity index (χ0v) is 15.2. The average Bonchev–Trinajstić information content (AvgIpc) is 2.63. The van der Waals surface area contributed by atoms with Gasteiger partial charge in [-0.25, -0.2) is 4.98 Å². The smallest absolute Gasteiger partial charge is 0.222 e. The van der Waals surface area contributed by atoms with Crippen LogP contribution in [-0.2, 0) is 9.59 Å². The Kier molecular flexibility index (Phi) is 6.08. The Balaban J connectivity index is 1.59. The van der Waals surface area contributed by atoms with E-state index < -0.39 is 0 Å². The summed E-state index contributed by atoms with van der Waals surface area (Å²) in [4.78, 5) is 30.3. The Bertz CT molecular complexity index is 628. The Labute approximate surface area is 153 Å². The van der Waals surface area contributed by atoms with Crippen molar-refractivity contribution in [2.24, 2.45) is 5.92 Å². The Morgan fingerprint density at radius 1 is 1.42 bits per heavy atom. The second-order valence-electron chi connectivity index (χ2n) is 7.15. The quantitative estimate of drug-likeness (QED) is 0.766. The predicted octanol–water partition coefficient (Wildman–Crippen LogP) is 1.42. The molecule has 1 saturated carbocycles. The molecule has 7 nitrogen and oxygen atoms in total. The number of carbonyl (C=O) groups excluding carboxylic acids is 2. The van der Waals surface area contributed by atoms with Crippen molar-refractivity contribution < 1.29 is 19.4 Å². The van der Waals surface area contributed by atoms with E-state index in [1.54, 1.807) is 24.3 Å². The van der Waals surface area contributed by atoms with Crippen molar-refractivity contribution in [3.63, 3.8) is 0 Å². The lowest BCUT2D eigenvalue weighted by Gasteiger charge is -2.38. The number of methoxy groups -OCH3 is 1. The molecule has 2 N–H and O–H groups in total. The van der Waals surface area contributed by atoms with Gasteiger partial charge >= 0.3 is 0 Å². The van der Waals surface area contributed by atoms with Crippen molar-refractivity contribution in [2.45, 2.75) is 50.7 Å². The van der Waals surface area contributed by atoms with Crippen molar-refractivity contribution >= 4 is 11.8 Å². The maximum atomic E-state index is 12.5. The third-order valence-corrected chi connectivity index (χ3v) is 5.30. The minimum Gasteiger partial charge on any atom is -0.481 e. The Hall–Kier alpha value is -2.15. The molecule has 0 aromatic carbocycles. The first-order valence-corrected chi connectivity index (χ1v) is 9.32. The fourth-order valence-corrected chi connectivity index (χ4v) is 3.65. The largest absolute Gasteiger partial charge is 0.481 e. The molecule has 3 rings (SSSR count). The lowest BCUT2D eigenvalue weighted by atomic mass is 9.75. The molecule has 2 aliphatic rings. The fourth-order valence-electron chi connectivity index (χ4n) is 3.65. The van der Waals surface area contributed by atoms with Gasteiger partial charge in [-0.05, 0) is 37.2 Å². The van der Waals surface area contributed by atoms with Crippen molar-refractivity contribution in [3.05, 3.63) is 23.9 Å². The molecular weight excluding hydrogens is 334 g/mol. The predicted molar refractivity (Wildman–Crippen MR) is 95.5 cm³/mol. The van der Waals surface area contributed by atoms with Gasteiger partial charge in [-0.1, -0.05) is 6.07 Å². The highest BCUT2D eigenvalue weighted by Gasteiger charge is 2.36. The first kappa shape index (κ1) is 18.6. The van der Waals surface area contributed by atoms with Crippen LogP contribution in [0.4, 0.5) is 0 Å². The van der Waals surface area contributed by atoms with Crippen LogP contribution in [0.25, 0.3) is 0 Å². The zero-order valence-electron chi connectivity index (χ0n) is 15.2. The number of nitrogens with zero attached hydrogens (tertiary/aromatic N) is 2. The van der Waals surface area contributed by atoms with Gasteiger partial charge in [-0.2, -0.15) is 0 Å². The summed E-state index contributed by atoms with van der Waals surface area (Å²) in [5, 5.41) is 12.7. The molecule has 1 atom stereocenters. The lowest BCUT2D eigenvalue weighted by molar-refractivity contribution is -0.134. The van der Waals surface area contributed by atoms with E-state index in [1.807, 2.05) is 6.07 Å². The van der Waals surface area contributed by atoms with Gasteiger partial charge in [-0.15, -0.1) is 0 Å². The standard InChI is InChI=1S/C19H27N3O4/c1-26-17-6-5-13(12-20-17)19(14-10-15(23)11-14)21-16(24)7-9-22-8-3-2-4-18(22)25/h5-6,12,14-15,19,23H,2-4,7-11H2,1H3,(H,21,24)/t14?,15?,19-/m1/s1. The number of pyridine rings is 1. The first-order chi connectivity index (χ1) is 12.6. The second-order valence-corrected chi connectivity index (χ2v) is 7.15. The molecule has 26 heavy (non-hydrogen) atoms. The number of likely N-dealkylation sites (tertiary alicyclic amines) is 1. The molecule has 142 valence electrons. The van der Waals surface area contributed by atoms with Gasteiger partial charge in [-0.3, -0.25) is 9.59 Å². The number of nitrogens with one attached hydrogen (secondary N) is 1. The van der Waals surface area contributed by atoms with Crippen molar-refractivity contribution in [1.82, 2.24) is 15.2 Å². The molecule has 0 radical (unpaired) electrons. The van der Waals surface area contributed by atoms with E-state index in [0.717, 1.165) is 24.9 Å². The molecule has 0 bridgehead atoms. The lowest BCUT2D eigenvalue weighted by Crippen LogP contribution is -2.43. The van der Waals surface area contributed by atoms with Gasteiger partial charge in [0.05, 0.1) is 19.3 Å². The van der Waals surface area contributed by atoms with E-state index >= 15 is 0 Å². The van der Waals surface area contributed by atoms with Crippen molar-refractivity contribution in [1.29, 1.82) is 0 Å². The highest BCUT2D eigenvalue weighted by Crippen LogP contribution is 2.38. The summed E-state index contributed by atoms with van der Waals surface area (Å²) in [6.45, 7) is 1.21. The van der Waals surface area contributed by atoms with Crippen LogP contribution in [0.3, 0.4) is 0 Å². The van der Waals surface area contributed by atoms with Crippen LogP contribution in [0.5, 0.6) is 5.88 Å². The van der Waals surface area contributed by atoms with Gasteiger partial charge in [0.1, 0.15) is 0 Å². The molecule has 1 aromatic rings. The Morgan fingerprint density at radius 3 is 2.85 bits per heavy atom. The number of aliphatic hydroxyl groups is 1. The number of hydrogen-bond acceptors (Lipinski definition) is 5. The normalized spacial score (nSPS) is 23.9. The van der Waals surface area contributed by atoms with Crippen LogP contribution in [0.15, 0.2) is 18.3 Å². The summed E-state index contributed by atoms with van der Waals surface area (Å²) in [5.41, 5.74) is 0.907. The number of ether oxygens (including phenoxy) is 1. The molecule has 7 heteroatoms. The van der Waals surface area contributed by atoms with Crippen LogP contribution >= 0.6 is 0 Å². The zero-order chi connectivity index (χ0) is 18.5. The summed E-state index contributed by atoms with van der Waals surface area (Å²) in [6, 6.07) is 3.49. The topological polar surface area (TPSA) is 91.8 Å². The van der Waals surface area contributed by atoms with Gasteiger partial charge in [0.25, 0.3) is 0 Å². The number of aliphatic hydroxyl groups excluding tert-OH is 1. The van der Waals surface area contributed by atoms with E-state index in [1.165, 1.54) is 0 Å². The molecule has 0 spiro atoms. The highest BCUT2D eigenvalue weighted by molar-refractivity contribution is 5.79. The van der Waals surface area contributed by atoms with Crippen LogP contribution in [0.2, 0.25) is 0 Å². The van der Waals surface area contributed by atoms with E-state index in [9.17, 15) is 14.7 Å². The fraction of sp³-hybridized carbons (Fsp3) is 0.632. The number of piperidine rings is 1. The van der Waals surface area contributed by atoms with Crippen LogP contribution in [-0.4, -0.2) is 53.1 Å². The van der Waals surface area contributed by atoms with Gasteiger partial charge in [0.2, 0.25) is 17.7 Å². The molecule has 2 amide bonds. The molecule has 1 aromatic heterocycles. The summed E-state index contributed by atoms with van der Waals surface area (Å²) < 4.78 is 5.09. The van der Waals surface area contributed by atoms with Gasteiger partial charge < -0.3 is 20.1 Å². The number of hydrogen-bond donors (Lipinski definition) is 2. The molecule has 0 unspecified atom stereocenters. The first-order valence-electron chi connectivity index (χ1n) is 9.32. The van der Waals surface area contributed by atoms with E-state index in [2.05, 4.69) is 10.3 Å². The summed E-state index contributed by atoms with van der Waals surface area (Å²) in [7, 11) is 1.56. The third kappa shape index (κ3) is 4.52. The maximum absolute atomic E-state index is 12.5. The molecule has 2 fully saturated rings. The van der Waals surface area contributed by atoms with Gasteiger partial charge in [0.15, 0.2) is 0 Å². The Morgan fingerprint density at radius 2 is 2.23 bits per heavy atom. The minimum absolute atomic E-state index is 0.0782. The second kappa shape index (κ2) is 8.49. The number of aromatic nitrogens is 1. The van der Waals surface area contributed by atoms with E-state index in [4.69, 9.17) is 4.74 Å². The molecule has 1 aliphatic carbocycles. The maximum Gasteiger partial charge on any atom is 0.222 e. The monoisotopic (exact) mass is 361 g/mol. The van der Waals surface area contributed by atoms with Crippen molar-refractivity contribution in [2.75, 3.05) is 20.2 Å². The summed E-state index contributed by atoms with van der Waals surface area (Å²) in [5.74, 6) is 0.782. The highest BCUT2D eigenvalue weighted by atomic mass is 16.5. The molecule has 1 saturated heterocycles. The number of carbonyl (C=O) groups is 2. The van der Waals surface area contributed by atoms with Crippen LogP contribution < -0.4 is 10.1 Å². The number of rotatable bonds is 7. The third-order valence-electron chi connectivity index (χ3n) is 5.30. The van der Waals surface area contributed by atoms with E-state index in [-0.39, 0.29) is 29.9 Å². The van der Waals surface area contributed by atoms with Crippen molar-refractivity contribution in [3.8, 4) is 5.88 Å². The summed E-state index contributed by atoms with van der Waals surface area (Å²) in [6.07, 6.45) is 5.58. The van der Waals surface area contributed by atoms with Crippen LogP contribution in [0.1, 0.15) is 50.1 Å². The van der Waals surface area contributed by atoms with Gasteiger partial charge in [0, 0.05) is 38.2 Å². The minimum atomic E-state index is -0.295. The molecule has 1 aliphatic heterocycles. The molecule has 2 heterocycles. The SMILES string of the molecule is COc1ccc([C@@H](NC(=O)CCN2CCCCC2=O)C2CC(O)C2)cn1. The summed E-state index contributed by atoms with van der Waals surface area (Å²) >= 11 is 0. The van der Waals surface area contributed by atoms with Crippen LogP contribution in [0, 0.1) is 5.92 Å². The number of amides is 2.